The van der Waals surface area contributed by atoms with Gasteiger partial charge in [0.2, 0.25) is 11.1 Å². The van der Waals surface area contributed by atoms with Crippen molar-refractivity contribution in [2.24, 2.45) is 5.92 Å². The highest BCUT2D eigenvalue weighted by molar-refractivity contribution is 6.64. The fourth-order valence-electron chi connectivity index (χ4n) is 2.86. The molecular formula is C15H17ClN2O3. The lowest BCUT2D eigenvalue weighted by Gasteiger charge is -2.32. The molecule has 3 rings (SSSR count). The molecule has 0 aliphatic carbocycles. The number of carbonyl (C=O) groups is 2. The Balaban J connectivity index is 1.88. The van der Waals surface area contributed by atoms with E-state index in [0.29, 0.717) is 19.8 Å². The average Bonchev–Trinajstić information content (AvgIpc) is 2.90. The van der Waals surface area contributed by atoms with Crippen molar-refractivity contribution in [1.82, 2.24) is 0 Å². The van der Waals surface area contributed by atoms with Crippen LogP contribution < -0.4 is 9.80 Å². The van der Waals surface area contributed by atoms with E-state index < -0.39 is 11.2 Å². The first kappa shape index (κ1) is 14.4. The first-order valence-corrected chi connectivity index (χ1v) is 7.46. The summed E-state index contributed by atoms with van der Waals surface area (Å²) in [6.45, 7) is 3.34. The van der Waals surface area contributed by atoms with E-state index in [-0.39, 0.29) is 12.3 Å². The molecule has 21 heavy (non-hydrogen) atoms. The maximum Gasteiger partial charge on any atom is 0.227 e. The third-order valence-electron chi connectivity index (χ3n) is 3.97. The molecule has 6 heteroatoms. The highest BCUT2D eigenvalue weighted by atomic mass is 35.5. The number of rotatable bonds is 3. The highest BCUT2D eigenvalue weighted by Crippen LogP contribution is 2.34. The van der Waals surface area contributed by atoms with Gasteiger partial charge in [-0.1, -0.05) is 12.1 Å². The van der Waals surface area contributed by atoms with Crippen molar-refractivity contribution in [3.63, 3.8) is 0 Å². The number of hydrogen-bond donors (Lipinski definition) is 0. The van der Waals surface area contributed by atoms with Gasteiger partial charge in [-0.25, -0.2) is 0 Å². The fourth-order valence-corrected chi connectivity index (χ4v) is 3.00. The Kier molecular flexibility index (Phi) is 4.12. The number of para-hydroxylation sites is 2. The first-order valence-electron chi connectivity index (χ1n) is 7.08. The van der Waals surface area contributed by atoms with Gasteiger partial charge in [-0.3, -0.25) is 9.59 Å². The van der Waals surface area contributed by atoms with Crippen LogP contribution in [0.25, 0.3) is 0 Å². The molecule has 0 N–H and O–H groups in total. The molecule has 0 bridgehead atoms. The third-order valence-corrected chi connectivity index (χ3v) is 4.28. The van der Waals surface area contributed by atoms with E-state index in [4.69, 9.17) is 16.3 Å². The van der Waals surface area contributed by atoms with E-state index >= 15 is 0 Å². The van der Waals surface area contributed by atoms with Crippen molar-refractivity contribution in [3.05, 3.63) is 24.3 Å². The second kappa shape index (κ2) is 6.03. The molecule has 2 heterocycles. The van der Waals surface area contributed by atoms with Crippen molar-refractivity contribution in [2.45, 2.75) is 6.42 Å². The summed E-state index contributed by atoms with van der Waals surface area (Å²) in [5.41, 5.74) is 1.86. The number of anilines is 2. The molecule has 0 radical (unpaired) electrons. The second-order valence-electron chi connectivity index (χ2n) is 5.30. The standard InChI is InChI=1S/C15H17ClN2O3/c16-15(20)11-9-14(19)18(10-11)13-4-2-1-3-12(13)17-5-7-21-8-6-17/h1-4,11H,5-10H2. The van der Waals surface area contributed by atoms with Crippen LogP contribution in [-0.4, -0.2) is 44.0 Å². The monoisotopic (exact) mass is 308 g/mol. The Hall–Kier alpha value is -1.59. The van der Waals surface area contributed by atoms with E-state index in [0.717, 1.165) is 24.5 Å². The molecule has 1 atom stereocenters. The zero-order chi connectivity index (χ0) is 14.8. The summed E-state index contributed by atoms with van der Waals surface area (Å²) in [5, 5.41) is -0.435. The Labute approximate surface area is 128 Å². The summed E-state index contributed by atoms with van der Waals surface area (Å²) in [6.07, 6.45) is 0.194. The molecule has 0 saturated carbocycles. The predicted molar refractivity (Wildman–Crippen MR) is 80.8 cm³/mol. The van der Waals surface area contributed by atoms with Gasteiger partial charge >= 0.3 is 0 Å². The molecule has 0 aromatic heterocycles. The minimum absolute atomic E-state index is 0.0466. The second-order valence-corrected chi connectivity index (χ2v) is 5.67. The number of carbonyl (C=O) groups excluding carboxylic acids is 2. The Morgan fingerprint density at radius 2 is 1.86 bits per heavy atom. The maximum atomic E-state index is 12.2. The molecule has 1 unspecified atom stereocenters. The van der Waals surface area contributed by atoms with Crippen LogP contribution in [0.15, 0.2) is 24.3 Å². The van der Waals surface area contributed by atoms with Gasteiger partial charge < -0.3 is 14.5 Å². The van der Waals surface area contributed by atoms with Crippen LogP contribution in [0.1, 0.15) is 6.42 Å². The molecule has 5 nitrogen and oxygen atoms in total. The van der Waals surface area contributed by atoms with Crippen LogP contribution >= 0.6 is 11.6 Å². The molecule has 1 aromatic carbocycles. The number of morpholine rings is 1. The lowest BCUT2D eigenvalue weighted by molar-refractivity contribution is -0.120. The van der Waals surface area contributed by atoms with Gasteiger partial charge in [0.15, 0.2) is 0 Å². The van der Waals surface area contributed by atoms with Crippen LogP contribution in [0, 0.1) is 5.92 Å². The smallest absolute Gasteiger partial charge is 0.227 e. The van der Waals surface area contributed by atoms with Gasteiger partial charge in [-0.2, -0.15) is 0 Å². The molecule has 2 fully saturated rings. The molecule has 1 amide bonds. The zero-order valence-corrected chi connectivity index (χ0v) is 12.4. The summed E-state index contributed by atoms with van der Waals surface area (Å²) in [6, 6.07) is 7.79. The average molecular weight is 309 g/mol. The van der Waals surface area contributed by atoms with Gasteiger partial charge in [0.1, 0.15) is 0 Å². The summed E-state index contributed by atoms with van der Waals surface area (Å²) < 4.78 is 5.37. The molecule has 2 saturated heterocycles. The number of halogens is 1. The number of nitrogens with zero attached hydrogens (tertiary/aromatic N) is 2. The molecule has 0 spiro atoms. The molecule has 1 aromatic rings. The largest absolute Gasteiger partial charge is 0.378 e. The summed E-state index contributed by atoms with van der Waals surface area (Å²) >= 11 is 5.55. The first-order chi connectivity index (χ1) is 10.2. The molecule has 112 valence electrons. The normalized spacial score (nSPS) is 22.7. The zero-order valence-electron chi connectivity index (χ0n) is 11.6. The van der Waals surface area contributed by atoms with Crippen LogP contribution in [0.4, 0.5) is 11.4 Å². The lowest BCUT2D eigenvalue weighted by atomic mass is 10.1. The third kappa shape index (κ3) is 2.89. The summed E-state index contributed by atoms with van der Waals surface area (Å²) in [7, 11) is 0. The highest BCUT2D eigenvalue weighted by Gasteiger charge is 2.35. The van der Waals surface area contributed by atoms with E-state index in [1.807, 2.05) is 24.3 Å². The van der Waals surface area contributed by atoms with Crippen LogP contribution in [0.2, 0.25) is 0 Å². The van der Waals surface area contributed by atoms with Crippen LogP contribution in [-0.2, 0) is 14.3 Å². The van der Waals surface area contributed by atoms with Gasteiger partial charge in [-0.05, 0) is 23.7 Å². The quantitative estimate of drug-likeness (QED) is 0.797. The van der Waals surface area contributed by atoms with E-state index in [2.05, 4.69) is 4.90 Å². The fraction of sp³-hybridized carbons (Fsp3) is 0.467. The van der Waals surface area contributed by atoms with E-state index in [1.54, 1.807) is 4.90 Å². The minimum atomic E-state index is -0.435. The van der Waals surface area contributed by atoms with Crippen LogP contribution in [0.5, 0.6) is 0 Å². The predicted octanol–water partition coefficient (Wildman–Crippen LogP) is 1.64. The number of hydrogen-bond acceptors (Lipinski definition) is 4. The SMILES string of the molecule is O=C(Cl)C1CC(=O)N(c2ccccc2N2CCOCC2)C1. The number of benzene rings is 1. The number of amides is 1. The minimum Gasteiger partial charge on any atom is -0.378 e. The van der Waals surface area contributed by atoms with Gasteiger partial charge in [0.05, 0.1) is 30.5 Å². The van der Waals surface area contributed by atoms with Crippen molar-refractivity contribution in [2.75, 3.05) is 42.6 Å². The van der Waals surface area contributed by atoms with Crippen LogP contribution in [0.3, 0.4) is 0 Å². The van der Waals surface area contributed by atoms with Gasteiger partial charge in [0.25, 0.3) is 0 Å². The summed E-state index contributed by atoms with van der Waals surface area (Å²) in [5.74, 6) is -0.452. The molecule has 2 aliphatic rings. The Bertz CT molecular complexity index is 558. The Morgan fingerprint density at radius 3 is 2.48 bits per heavy atom. The topological polar surface area (TPSA) is 49.9 Å². The van der Waals surface area contributed by atoms with Crippen molar-refractivity contribution in [1.29, 1.82) is 0 Å². The number of ether oxygens (including phenoxy) is 1. The van der Waals surface area contributed by atoms with Crippen molar-refractivity contribution in [3.8, 4) is 0 Å². The Morgan fingerprint density at radius 1 is 1.19 bits per heavy atom. The summed E-state index contributed by atoms with van der Waals surface area (Å²) in [4.78, 5) is 27.4. The molecular weight excluding hydrogens is 292 g/mol. The van der Waals surface area contributed by atoms with Crippen molar-refractivity contribution >= 4 is 34.1 Å². The molecule has 2 aliphatic heterocycles. The van der Waals surface area contributed by atoms with Gasteiger partial charge in [-0.15, -0.1) is 0 Å². The van der Waals surface area contributed by atoms with E-state index in [9.17, 15) is 9.59 Å². The van der Waals surface area contributed by atoms with Gasteiger partial charge in [0, 0.05) is 26.1 Å². The van der Waals surface area contributed by atoms with E-state index in [1.165, 1.54) is 0 Å². The van der Waals surface area contributed by atoms with Crippen molar-refractivity contribution < 1.29 is 14.3 Å². The lowest BCUT2D eigenvalue weighted by Crippen LogP contribution is -2.37. The maximum absolute atomic E-state index is 12.2.